The molecule has 1 aliphatic heterocycles. The molecule has 1 saturated heterocycles. The minimum atomic E-state index is 0.652. The SMILES string of the molecule is CCCNc1ncnc(N2CCCC2CC)c1CC. The van der Waals surface area contributed by atoms with Gasteiger partial charge < -0.3 is 10.2 Å². The predicted octanol–water partition coefficient (Wildman–Crippen LogP) is 3.24. The predicted molar refractivity (Wildman–Crippen MR) is 80.8 cm³/mol. The van der Waals surface area contributed by atoms with Crippen LogP contribution in [0, 0.1) is 0 Å². The number of rotatable bonds is 6. The minimum absolute atomic E-state index is 0.652. The van der Waals surface area contributed by atoms with Crippen LogP contribution in [0.5, 0.6) is 0 Å². The zero-order valence-corrected chi connectivity index (χ0v) is 12.4. The third-order valence-corrected chi connectivity index (χ3v) is 3.94. The smallest absolute Gasteiger partial charge is 0.137 e. The van der Waals surface area contributed by atoms with Crippen LogP contribution in [0.3, 0.4) is 0 Å². The topological polar surface area (TPSA) is 41.1 Å². The fourth-order valence-electron chi connectivity index (χ4n) is 2.91. The van der Waals surface area contributed by atoms with E-state index in [0.717, 1.165) is 37.6 Å². The monoisotopic (exact) mass is 262 g/mol. The maximum Gasteiger partial charge on any atom is 0.137 e. The van der Waals surface area contributed by atoms with Gasteiger partial charge in [0.05, 0.1) is 0 Å². The van der Waals surface area contributed by atoms with Gasteiger partial charge in [0.25, 0.3) is 0 Å². The highest BCUT2D eigenvalue weighted by molar-refractivity contribution is 5.59. The first-order valence-electron chi connectivity index (χ1n) is 7.66. The maximum atomic E-state index is 4.57. The molecular formula is C15H26N4. The van der Waals surface area contributed by atoms with Crippen molar-refractivity contribution >= 4 is 11.6 Å². The zero-order valence-electron chi connectivity index (χ0n) is 12.4. The quantitative estimate of drug-likeness (QED) is 0.854. The number of anilines is 2. The molecule has 1 unspecified atom stereocenters. The Bertz CT molecular complexity index is 405. The van der Waals surface area contributed by atoms with Gasteiger partial charge in [0.15, 0.2) is 0 Å². The van der Waals surface area contributed by atoms with E-state index in [4.69, 9.17) is 0 Å². The van der Waals surface area contributed by atoms with E-state index in [1.807, 2.05) is 0 Å². The van der Waals surface area contributed by atoms with E-state index in [1.54, 1.807) is 6.33 Å². The van der Waals surface area contributed by atoms with Crippen LogP contribution in [0.4, 0.5) is 11.6 Å². The van der Waals surface area contributed by atoms with E-state index < -0.39 is 0 Å². The van der Waals surface area contributed by atoms with Gasteiger partial charge in [0, 0.05) is 24.7 Å². The molecule has 2 rings (SSSR count). The fraction of sp³-hybridized carbons (Fsp3) is 0.733. The van der Waals surface area contributed by atoms with Crippen molar-refractivity contribution in [3.8, 4) is 0 Å². The van der Waals surface area contributed by atoms with Crippen LogP contribution in [0.2, 0.25) is 0 Å². The normalized spacial score (nSPS) is 18.9. The zero-order chi connectivity index (χ0) is 13.7. The first-order chi connectivity index (χ1) is 9.31. The van der Waals surface area contributed by atoms with Crippen molar-refractivity contribution in [1.82, 2.24) is 9.97 Å². The van der Waals surface area contributed by atoms with Gasteiger partial charge in [0.1, 0.15) is 18.0 Å². The molecule has 1 N–H and O–H groups in total. The Kier molecular flexibility index (Phi) is 5.00. The average molecular weight is 262 g/mol. The van der Waals surface area contributed by atoms with E-state index in [1.165, 1.54) is 24.8 Å². The van der Waals surface area contributed by atoms with Gasteiger partial charge in [-0.05, 0) is 32.1 Å². The van der Waals surface area contributed by atoms with Gasteiger partial charge in [-0.2, -0.15) is 0 Å². The first kappa shape index (κ1) is 14.1. The lowest BCUT2D eigenvalue weighted by Gasteiger charge is -2.27. The molecule has 0 aliphatic carbocycles. The third-order valence-electron chi connectivity index (χ3n) is 3.94. The highest BCUT2D eigenvalue weighted by Crippen LogP contribution is 2.31. The number of hydrogen-bond donors (Lipinski definition) is 1. The second kappa shape index (κ2) is 6.73. The Morgan fingerprint density at radius 3 is 2.84 bits per heavy atom. The molecule has 0 radical (unpaired) electrons. The number of hydrogen-bond acceptors (Lipinski definition) is 4. The lowest BCUT2D eigenvalue weighted by Crippen LogP contribution is -2.30. The second-order valence-corrected chi connectivity index (χ2v) is 5.20. The van der Waals surface area contributed by atoms with Crippen LogP contribution in [0.25, 0.3) is 0 Å². The lowest BCUT2D eigenvalue weighted by molar-refractivity contribution is 0.637. The summed E-state index contributed by atoms with van der Waals surface area (Å²) in [4.78, 5) is 11.5. The fourth-order valence-corrected chi connectivity index (χ4v) is 2.91. The molecule has 0 amide bonds. The molecule has 2 heterocycles. The average Bonchev–Trinajstić information content (AvgIpc) is 2.92. The van der Waals surface area contributed by atoms with Crippen molar-refractivity contribution in [3.63, 3.8) is 0 Å². The summed E-state index contributed by atoms with van der Waals surface area (Å²) in [6.07, 6.45) is 7.58. The van der Waals surface area contributed by atoms with Crippen molar-refractivity contribution < 1.29 is 0 Å². The summed E-state index contributed by atoms with van der Waals surface area (Å²) >= 11 is 0. The Balaban J connectivity index is 2.28. The molecule has 4 nitrogen and oxygen atoms in total. The molecule has 0 saturated carbocycles. The van der Waals surface area contributed by atoms with E-state index in [9.17, 15) is 0 Å². The molecule has 1 aliphatic rings. The van der Waals surface area contributed by atoms with Gasteiger partial charge in [0.2, 0.25) is 0 Å². The molecule has 1 aromatic heterocycles. The lowest BCUT2D eigenvalue weighted by atomic mass is 10.1. The largest absolute Gasteiger partial charge is 0.370 e. The second-order valence-electron chi connectivity index (χ2n) is 5.20. The number of nitrogens with zero attached hydrogens (tertiary/aromatic N) is 3. The Hall–Kier alpha value is -1.32. The van der Waals surface area contributed by atoms with E-state index in [0.29, 0.717) is 6.04 Å². The molecule has 4 heteroatoms. The summed E-state index contributed by atoms with van der Waals surface area (Å²) in [7, 11) is 0. The summed E-state index contributed by atoms with van der Waals surface area (Å²) in [6.45, 7) is 8.74. The number of aromatic nitrogens is 2. The van der Waals surface area contributed by atoms with Gasteiger partial charge in [-0.1, -0.05) is 20.8 Å². The van der Waals surface area contributed by atoms with Crippen molar-refractivity contribution in [2.24, 2.45) is 0 Å². The Labute approximate surface area is 116 Å². The number of nitrogens with one attached hydrogen (secondary N) is 1. The van der Waals surface area contributed by atoms with Crippen LogP contribution in [0.1, 0.15) is 52.0 Å². The van der Waals surface area contributed by atoms with Crippen LogP contribution in [-0.4, -0.2) is 29.1 Å². The van der Waals surface area contributed by atoms with E-state index in [-0.39, 0.29) is 0 Å². The molecule has 106 valence electrons. The van der Waals surface area contributed by atoms with Crippen molar-refractivity contribution in [1.29, 1.82) is 0 Å². The van der Waals surface area contributed by atoms with Crippen molar-refractivity contribution in [2.75, 3.05) is 23.3 Å². The summed E-state index contributed by atoms with van der Waals surface area (Å²) in [5.41, 5.74) is 1.27. The highest BCUT2D eigenvalue weighted by Gasteiger charge is 2.26. The minimum Gasteiger partial charge on any atom is -0.370 e. The molecule has 19 heavy (non-hydrogen) atoms. The summed E-state index contributed by atoms with van der Waals surface area (Å²) in [5, 5.41) is 3.43. The first-order valence-corrected chi connectivity index (χ1v) is 7.66. The van der Waals surface area contributed by atoms with E-state index >= 15 is 0 Å². The van der Waals surface area contributed by atoms with Gasteiger partial charge in [-0.15, -0.1) is 0 Å². The van der Waals surface area contributed by atoms with Gasteiger partial charge >= 0.3 is 0 Å². The molecule has 0 spiro atoms. The standard InChI is InChI=1S/C15H26N4/c1-4-9-16-14-13(6-3)15(18-11-17-14)19-10-7-8-12(19)5-2/h11-12H,4-10H2,1-3H3,(H,16,17,18). The van der Waals surface area contributed by atoms with Crippen LogP contribution in [0.15, 0.2) is 6.33 Å². The Morgan fingerprint density at radius 1 is 1.32 bits per heavy atom. The van der Waals surface area contributed by atoms with Crippen LogP contribution < -0.4 is 10.2 Å². The molecule has 0 aromatic carbocycles. The van der Waals surface area contributed by atoms with Crippen molar-refractivity contribution in [3.05, 3.63) is 11.9 Å². The molecule has 1 fully saturated rings. The summed E-state index contributed by atoms with van der Waals surface area (Å²) in [5.74, 6) is 2.18. The summed E-state index contributed by atoms with van der Waals surface area (Å²) in [6, 6.07) is 0.652. The van der Waals surface area contributed by atoms with Gasteiger partial charge in [-0.25, -0.2) is 9.97 Å². The third kappa shape index (κ3) is 2.99. The molecule has 1 atom stereocenters. The highest BCUT2D eigenvalue weighted by atomic mass is 15.2. The van der Waals surface area contributed by atoms with Crippen LogP contribution in [-0.2, 0) is 6.42 Å². The molecular weight excluding hydrogens is 236 g/mol. The van der Waals surface area contributed by atoms with Crippen molar-refractivity contribution in [2.45, 2.75) is 58.9 Å². The molecule has 1 aromatic rings. The van der Waals surface area contributed by atoms with Crippen LogP contribution >= 0.6 is 0 Å². The Morgan fingerprint density at radius 2 is 2.16 bits per heavy atom. The summed E-state index contributed by atoms with van der Waals surface area (Å²) < 4.78 is 0. The van der Waals surface area contributed by atoms with Gasteiger partial charge in [-0.3, -0.25) is 0 Å². The molecule has 0 bridgehead atoms. The van der Waals surface area contributed by atoms with E-state index in [2.05, 4.69) is 41.0 Å². The maximum absolute atomic E-state index is 4.57.